The topological polar surface area (TPSA) is 85.3 Å². The Balaban J connectivity index is 1.64. The van der Waals surface area contributed by atoms with Gasteiger partial charge in [0.15, 0.2) is 25.5 Å². The summed E-state index contributed by atoms with van der Waals surface area (Å²) in [4.78, 5) is 13.6. The SMILES string of the molecule is Cc1cccc(S(=O)(=O)CC(CS(=O)(=O)Cc2ccccc2)C(=O)c2ccc(-c3ccccc3)cc2)c1. The Kier molecular flexibility index (Phi) is 8.05. The third-order valence-electron chi connectivity index (χ3n) is 6.10. The Morgan fingerprint density at radius 1 is 0.676 bits per heavy atom. The maximum absolute atomic E-state index is 13.6. The summed E-state index contributed by atoms with van der Waals surface area (Å²) >= 11 is 0. The van der Waals surface area contributed by atoms with Crippen LogP contribution in [0.25, 0.3) is 11.1 Å². The summed E-state index contributed by atoms with van der Waals surface area (Å²) in [6, 6.07) is 31.5. The molecular formula is C30H28O5S2. The fourth-order valence-electron chi connectivity index (χ4n) is 4.26. The molecular weight excluding hydrogens is 504 g/mol. The monoisotopic (exact) mass is 532 g/mol. The molecule has 4 rings (SSSR count). The number of hydrogen-bond acceptors (Lipinski definition) is 5. The van der Waals surface area contributed by atoms with Crippen LogP contribution in [0.4, 0.5) is 0 Å². The van der Waals surface area contributed by atoms with Crippen molar-refractivity contribution in [1.82, 2.24) is 0 Å². The van der Waals surface area contributed by atoms with Gasteiger partial charge >= 0.3 is 0 Å². The van der Waals surface area contributed by atoms with Gasteiger partial charge in [0, 0.05) is 5.56 Å². The van der Waals surface area contributed by atoms with Gasteiger partial charge in [-0.1, -0.05) is 97.1 Å². The molecule has 0 spiro atoms. The zero-order valence-electron chi connectivity index (χ0n) is 20.4. The van der Waals surface area contributed by atoms with Gasteiger partial charge in [0.2, 0.25) is 0 Å². The van der Waals surface area contributed by atoms with Crippen molar-refractivity contribution in [1.29, 1.82) is 0 Å². The minimum absolute atomic E-state index is 0.0742. The Bertz CT molecular complexity index is 1580. The molecule has 1 atom stereocenters. The second kappa shape index (κ2) is 11.2. The van der Waals surface area contributed by atoms with Gasteiger partial charge in [0.1, 0.15) is 0 Å². The lowest BCUT2D eigenvalue weighted by Crippen LogP contribution is -2.31. The van der Waals surface area contributed by atoms with E-state index >= 15 is 0 Å². The van der Waals surface area contributed by atoms with E-state index in [0.29, 0.717) is 5.56 Å². The summed E-state index contributed by atoms with van der Waals surface area (Å²) in [5.41, 5.74) is 3.50. The molecule has 0 aliphatic heterocycles. The molecule has 0 saturated carbocycles. The molecule has 0 N–H and O–H groups in total. The molecule has 0 fully saturated rings. The van der Waals surface area contributed by atoms with Gasteiger partial charge in [-0.2, -0.15) is 0 Å². The number of ketones is 1. The summed E-state index contributed by atoms with van der Waals surface area (Å²) in [6.45, 7) is 1.78. The van der Waals surface area contributed by atoms with E-state index in [1.54, 1.807) is 73.7 Å². The minimum atomic E-state index is -3.92. The fourth-order valence-corrected chi connectivity index (χ4v) is 7.75. The molecule has 0 heterocycles. The number of hydrogen-bond donors (Lipinski definition) is 0. The van der Waals surface area contributed by atoms with E-state index in [0.717, 1.165) is 16.7 Å². The van der Waals surface area contributed by atoms with Crippen molar-refractivity contribution < 1.29 is 21.6 Å². The molecule has 190 valence electrons. The van der Waals surface area contributed by atoms with E-state index in [1.807, 2.05) is 30.3 Å². The van der Waals surface area contributed by atoms with Crippen LogP contribution in [0.3, 0.4) is 0 Å². The van der Waals surface area contributed by atoms with Crippen LogP contribution in [0.2, 0.25) is 0 Å². The molecule has 5 nitrogen and oxygen atoms in total. The van der Waals surface area contributed by atoms with Crippen LogP contribution < -0.4 is 0 Å². The summed E-state index contributed by atoms with van der Waals surface area (Å²) in [5.74, 6) is -3.18. The number of sulfone groups is 2. The standard InChI is InChI=1S/C30H28O5S2/c1-23-9-8-14-29(19-23)37(34,35)22-28(21-36(32,33)20-24-10-4-2-5-11-24)30(31)27-17-15-26(16-18-27)25-12-6-3-7-13-25/h2-19,28H,20-22H2,1H3. The van der Waals surface area contributed by atoms with Crippen molar-refractivity contribution in [2.75, 3.05) is 11.5 Å². The molecule has 0 radical (unpaired) electrons. The first-order chi connectivity index (χ1) is 17.6. The van der Waals surface area contributed by atoms with Gasteiger partial charge in [0.05, 0.1) is 28.1 Å². The maximum atomic E-state index is 13.6. The molecule has 0 aromatic heterocycles. The molecule has 0 amide bonds. The van der Waals surface area contributed by atoms with Crippen LogP contribution >= 0.6 is 0 Å². The Morgan fingerprint density at radius 2 is 1.27 bits per heavy atom. The molecule has 4 aromatic rings. The summed E-state index contributed by atoms with van der Waals surface area (Å²) < 4.78 is 52.8. The van der Waals surface area contributed by atoms with Gasteiger partial charge in [-0.25, -0.2) is 16.8 Å². The first-order valence-electron chi connectivity index (χ1n) is 11.9. The second-order valence-corrected chi connectivity index (χ2v) is 13.3. The lowest BCUT2D eigenvalue weighted by Gasteiger charge is -2.17. The van der Waals surface area contributed by atoms with E-state index in [-0.39, 0.29) is 16.2 Å². The average molecular weight is 533 g/mol. The van der Waals surface area contributed by atoms with E-state index in [4.69, 9.17) is 0 Å². The summed E-state index contributed by atoms with van der Waals surface area (Å²) in [7, 11) is -7.70. The van der Waals surface area contributed by atoms with Gasteiger partial charge in [-0.05, 0) is 41.3 Å². The van der Waals surface area contributed by atoms with Crippen molar-refractivity contribution in [3.05, 3.63) is 126 Å². The number of aryl methyl sites for hydroxylation is 1. The van der Waals surface area contributed by atoms with E-state index in [9.17, 15) is 21.6 Å². The zero-order valence-corrected chi connectivity index (χ0v) is 22.1. The van der Waals surface area contributed by atoms with E-state index < -0.39 is 42.9 Å². The van der Waals surface area contributed by atoms with Crippen LogP contribution in [0, 0.1) is 12.8 Å². The lowest BCUT2D eigenvalue weighted by molar-refractivity contribution is 0.0942. The van der Waals surface area contributed by atoms with E-state index in [1.165, 1.54) is 12.1 Å². The van der Waals surface area contributed by atoms with Gasteiger partial charge < -0.3 is 0 Å². The van der Waals surface area contributed by atoms with Gasteiger partial charge in [-0.15, -0.1) is 0 Å². The van der Waals surface area contributed by atoms with Crippen molar-refractivity contribution >= 4 is 25.5 Å². The highest BCUT2D eigenvalue weighted by Gasteiger charge is 2.32. The average Bonchev–Trinajstić information content (AvgIpc) is 2.88. The second-order valence-electron chi connectivity index (χ2n) is 9.14. The molecule has 0 saturated heterocycles. The zero-order chi connectivity index (χ0) is 26.5. The highest BCUT2D eigenvalue weighted by molar-refractivity contribution is 7.92. The molecule has 0 bridgehead atoms. The Labute approximate surface area is 218 Å². The molecule has 7 heteroatoms. The summed E-state index contributed by atoms with van der Waals surface area (Å²) in [5, 5.41) is 0. The van der Waals surface area contributed by atoms with Crippen molar-refractivity contribution in [2.24, 2.45) is 5.92 Å². The quantitative estimate of drug-likeness (QED) is 0.250. The largest absolute Gasteiger partial charge is 0.294 e. The minimum Gasteiger partial charge on any atom is -0.294 e. The Morgan fingerprint density at radius 3 is 1.89 bits per heavy atom. The summed E-state index contributed by atoms with van der Waals surface area (Å²) in [6.07, 6.45) is 0. The smallest absolute Gasteiger partial charge is 0.179 e. The molecule has 0 aliphatic rings. The number of benzene rings is 4. The Hall–Kier alpha value is -3.55. The maximum Gasteiger partial charge on any atom is 0.179 e. The van der Waals surface area contributed by atoms with Crippen LogP contribution in [-0.4, -0.2) is 34.1 Å². The van der Waals surface area contributed by atoms with Crippen LogP contribution in [0.15, 0.2) is 114 Å². The first kappa shape index (κ1) is 26.5. The van der Waals surface area contributed by atoms with E-state index in [2.05, 4.69) is 0 Å². The fraction of sp³-hybridized carbons (Fsp3) is 0.167. The number of carbonyl (C=O) groups is 1. The highest BCUT2D eigenvalue weighted by atomic mass is 32.2. The predicted molar refractivity (Wildman–Crippen MR) is 147 cm³/mol. The normalized spacial score (nSPS) is 12.7. The van der Waals surface area contributed by atoms with Crippen LogP contribution in [0.1, 0.15) is 21.5 Å². The highest BCUT2D eigenvalue weighted by Crippen LogP contribution is 2.24. The van der Waals surface area contributed by atoms with Crippen LogP contribution in [-0.2, 0) is 25.4 Å². The molecule has 1 unspecified atom stereocenters. The third kappa shape index (κ3) is 7.02. The number of rotatable bonds is 10. The van der Waals surface area contributed by atoms with Crippen molar-refractivity contribution in [3.63, 3.8) is 0 Å². The lowest BCUT2D eigenvalue weighted by atomic mass is 9.98. The van der Waals surface area contributed by atoms with Gasteiger partial charge in [0.25, 0.3) is 0 Å². The first-order valence-corrected chi connectivity index (χ1v) is 15.3. The number of carbonyl (C=O) groups excluding carboxylic acids is 1. The molecule has 4 aromatic carbocycles. The molecule has 0 aliphatic carbocycles. The van der Waals surface area contributed by atoms with Crippen LogP contribution in [0.5, 0.6) is 0 Å². The number of Topliss-reactive ketones (excluding diaryl/α,β-unsaturated/α-hetero) is 1. The third-order valence-corrected chi connectivity index (χ3v) is 9.60. The predicted octanol–water partition coefficient (Wildman–Crippen LogP) is 5.55. The molecule has 37 heavy (non-hydrogen) atoms. The van der Waals surface area contributed by atoms with Gasteiger partial charge in [-0.3, -0.25) is 4.79 Å². The van der Waals surface area contributed by atoms with Crippen molar-refractivity contribution in [3.8, 4) is 11.1 Å². The van der Waals surface area contributed by atoms with Crippen molar-refractivity contribution in [2.45, 2.75) is 17.6 Å².